The monoisotopic (exact) mass is 601 g/mol. The van der Waals surface area contributed by atoms with E-state index in [1.165, 1.54) is 6.92 Å². The van der Waals surface area contributed by atoms with Gasteiger partial charge in [0.15, 0.2) is 5.78 Å². The zero-order valence-electron chi connectivity index (χ0n) is 22.6. The van der Waals surface area contributed by atoms with Gasteiger partial charge in [-0.15, -0.1) is 0 Å². The molecule has 2 aliphatic rings. The average Bonchev–Trinajstić information content (AvgIpc) is 3.28. The van der Waals surface area contributed by atoms with Crippen LogP contribution in [0, 0.1) is 19.3 Å². The second kappa shape index (κ2) is 9.58. The van der Waals surface area contributed by atoms with Gasteiger partial charge in [0.25, 0.3) is 0 Å². The van der Waals surface area contributed by atoms with Crippen LogP contribution < -0.4 is 5.32 Å². The number of halogens is 1. The Morgan fingerprint density at radius 1 is 1.07 bits per heavy atom. The zero-order chi connectivity index (χ0) is 28.3. The van der Waals surface area contributed by atoms with Crippen LogP contribution in [0.2, 0.25) is 0 Å². The quantitative estimate of drug-likeness (QED) is 0.255. The summed E-state index contributed by atoms with van der Waals surface area (Å²) in [6, 6.07) is 8.71. The Morgan fingerprint density at radius 3 is 2.55 bits per heavy atom. The molecule has 0 spiro atoms. The van der Waals surface area contributed by atoms with Crippen LogP contribution in [-0.2, 0) is 16.1 Å². The number of nitrogens with zero attached hydrogens (tertiary/aromatic N) is 6. The van der Waals surface area contributed by atoms with E-state index in [-0.39, 0.29) is 35.6 Å². The molecule has 40 heavy (non-hydrogen) atoms. The third-order valence-electron chi connectivity index (χ3n) is 8.01. The number of aromatic nitrogens is 5. The summed E-state index contributed by atoms with van der Waals surface area (Å²) in [7, 11) is 0. The van der Waals surface area contributed by atoms with Gasteiger partial charge in [0.1, 0.15) is 34.5 Å². The van der Waals surface area contributed by atoms with E-state index in [0.29, 0.717) is 39.3 Å². The first-order chi connectivity index (χ1) is 19.0. The van der Waals surface area contributed by atoms with Crippen molar-refractivity contribution < 1.29 is 14.4 Å². The lowest BCUT2D eigenvalue weighted by atomic mass is 10.0. The lowest BCUT2D eigenvalue weighted by Gasteiger charge is -2.27. The molecule has 3 aromatic heterocycles. The molecule has 1 aromatic carbocycles. The second-order valence-corrected chi connectivity index (χ2v) is 11.8. The molecule has 1 saturated carbocycles. The van der Waals surface area contributed by atoms with Gasteiger partial charge in [0, 0.05) is 36.3 Å². The summed E-state index contributed by atoms with van der Waals surface area (Å²) in [5.41, 5.74) is 3.38. The van der Waals surface area contributed by atoms with Crippen molar-refractivity contribution in [3.8, 4) is 11.1 Å². The number of anilines is 1. The molecular weight excluding hydrogens is 574 g/mol. The topological polar surface area (TPSA) is 123 Å². The minimum atomic E-state index is -0.612. The Morgan fingerprint density at radius 2 is 1.82 bits per heavy atom. The summed E-state index contributed by atoms with van der Waals surface area (Å²) in [6.45, 7) is 7.18. The van der Waals surface area contributed by atoms with Crippen LogP contribution >= 0.6 is 15.9 Å². The maximum atomic E-state index is 13.8. The molecule has 0 bridgehead atoms. The highest BCUT2D eigenvalue weighted by atomic mass is 79.9. The first-order valence-electron chi connectivity index (χ1n) is 13.1. The minimum absolute atomic E-state index is 0.00504. The summed E-state index contributed by atoms with van der Waals surface area (Å²) in [4.78, 5) is 54.3. The number of benzene rings is 1. The smallest absolute Gasteiger partial charge is 0.248 e. The highest BCUT2D eigenvalue weighted by Gasteiger charge is 2.64. The number of likely N-dealkylation sites (tertiary alicyclic amines) is 1. The van der Waals surface area contributed by atoms with Crippen LogP contribution in [0.5, 0.6) is 0 Å². The molecule has 2 amide bonds. The molecule has 1 saturated heterocycles. The number of piperidine rings is 1. The van der Waals surface area contributed by atoms with Gasteiger partial charge in [-0.25, -0.2) is 15.0 Å². The van der Waals surface area contributed by atoms with Gasteiger partial charge in [-0.2, -0.15) is 5.10 Å². The van der Waals surface area contributed by atoms with Crippen LogP contribution in [0.1, 0.15) is 48.6 Å². The van der Waals surface area contributed by atoms with Gasteiger partial charge >= 0.3 is 0 Å². The number of fused-ring (bicyclic) bond motifs is 2. The van der Waals surface area contributed by atoms with Crippen LogP contribution in [0.15, 0.2) is 47.3 Å². The first-order valence-corrected chi connectivity index (χ1v) is 13.9. The van der Waals surface area contributed by atoms with Crippen LogP contribution in [0.25, 0.3) is 22.0 Å². The molecule has 3 atom stereocenters. The molecule has 11 heteroatoms. The third kappa shape index (κ3) is 4.57. The number of hydrogen-bond donors (Lipinski definition) is 1. The Kier molecular flexibility index (Phi) is 6.29. The van der Waals surface area contributed by atoms with E-state index in [0.717, 1.165) is 23.1 Å². The van der Waals surface area contributed by atoms with E-state index in [4.69, 9.17) is 0 Å². The molecule has 10 nitrogen and oxygen atoms in total. The predicted molar refractivity (Wildman–Crippen MR) is 153 cm³/mol. The van der Waals surface area contributed by atoms with Gasteiger partial charge in [0.2, 0.25) is 11.8 Å². The normalized spacial score (nSPS) is 21.4. The van der Waals surface area contributed by atoms with Gasteiger partial charge in [-0.1, -0.05) is 19.1 Å². The molecule has 4 aromatic rings. The van der Waals surface area contributed by atoms with Crippen molar-refractivity contribution in [3.63, 3.8) is 0 Å². The molecule has 0 unspecified atom stereocenters. The molecule has 4 heterocycles. The third-order valence-corrected chi connectivity index (χ3v) is 8.46. The SMILES string of the molecule is CC(=O)c1nn(CC(=O)N2[C@@H](C(=O)Nc3nc(Br)ccc3C)C[C@]3(C)C[C@H]23)c2ccc(-c3cnc(C)nc3)cc12. The number of aryl methyl sites for hydroxylation is 2. The second-order valence-electron chi connectivity index (χ2n) is 11.0. The van der Waals surface area contributed by atoms with Crippen LogP contribution in [0.4, 0.5) is 5.82 Å². The Bertz CT molecular complexity index is 1700. The molecule has 1 aliphatic carbocycles. The summed E-state index contributed by atoms with van der Waals surface area (Å²) in [5, 5.41) is 8.11. The molecular formula is C29H28BrN7O3. The summed E-state index contributed by atoms with van der Waals surface area (Å²) >= 11 is 3.35. The number of hydrogen-bond acceptors (Lipinski definition) is 7. The fourth-order valence-corrected chi connectivity index (χ4v) is 5.99. The Labute approximate surface area is 239 Å². The summed E-state index contributed by atoms with van der Waals surface area (Å²) in [6.07, 6.45) is 4.92. The maximum Gasteiger partial charge on any atom is 0.248 e. The van der Waals surface area contributed by atoms with E-state index < -0.39 is 6.04 Å². The van der Waals surface area contributed by atoms with Crippen LogP contribution in [-0.4, -0.2) is 59.3 Å². The number of Topliss-reactive ketones (excluding diaryl/α,β-unsaturated/α-hetero) is 1. The highest BCUT2D eigenvalue weighted by molar-refractivity contribution is 9.10. The highest BCUT2D eigenvalue weighted by Crippen LogP contribution is 2.59. The number of amides is 2. The van der Waals surface area contributed by atoms with Crippen molar-refractivity contribution in [3.05, 3.63) is 64.4 Å². The Hall–Kier alpha value is -3.99. The fourth-order valence-electron chi connectivity index (χ4n) is 5.68. The van der Waals surface area contributed by atoms with E-state index in [9.17, 15) is 14.4 Å². The van der Waals surface area contributed by atoms with Gasteiger partial charge < -0.3 is 10.2 Å². The minimum Gasteiger partial charge on any atom is -0.325 e. The standard InChI is InChI=1S/C29H28BrN7O3/c1-15-5-8-24(30)33-27(15)34-28(40)22-10-29(4)11-23(29)37(22)25(39)14-36-21-7-6-18(19-12-31-17(3)32-13-19)9-20(21)26(35-36)16(2)38/h5-9,12-13,22-23H,10-11,14H2,1-4H3,(H,33,34,40)/t22-,23+,29-/m1/s1. The molecule has 0 radical (unpaired) electrons. The number of carbonyl (C=O) groups is 3. The number of carbonyl (C=O) groups excluding carboxylic acids is 3. The van der Waals surface area contributed by atoms with Crippen molar-refractivity contribution >= 4 is 50.2 Å². The van der Waals surface area contributed by atoms with Crippen molar-refractivity contribution in [1.82, 2.24) is 29.6 Å². The zero-order valence-corrected chi connectivity index (χ0v) is 24.2. The molecule has 1 aliphatic heterocycles. The lowest BCUT2D eigenvalue weighted by Crippen LogP contribution is -2.47. The first kappa shape index (κ1) is 26.2. The van der Waals surface area contributed by atoms with Crippen molar-refractivity contribution in [2.45, 2.75) is 59.2 Å². The van der Waals surface area contributed by atoms with Crippen LogP contribution in [0.3, 0.4) is 0 Å². The molecule has 6 rings (SSSR count). The van der Waals surface area contributed by atoms with E-state index in [2.05, 4.69) is 48.2 Å². The summed E-state index contributed by atoms with van der Waals surface area (Å²) < 4.78 is 2.18. The van der Waals surface area contributed by atoms with E-state index >= 15 is 0 Å². The van der Waals surface area contributed by atoms with Crippen molar-refractivity contribution in [2.24, 2.45) is 5.41 Å². The number of ketones is 1. The molecule has 1 N–H and O–H groups in total. The van der Waals surface area contributed by atoms with E-state index in [1.807, 2.05) is 44.2 Å². The average molecular weight is 602 g/mol. The van der Waals surface area contributed by atoms with Gasteiger partial charge in [-0.3, -0.25) is 19.1 Å². The van der Waals surface area contributed by atoms with Gasteiger partial charge in [0.05, 0.1) is 5.52 Å². The van der Waals surface area contributed by atoms with E-state index in [1.54, 1.807) is 22.0 Å². The van der Waals surface area contributed by atoms with Gasteiger partial charge in [-0.05, 0) is 77.4 Å². The predicted octanol–water partition coefficient (Wildman–Crippen LogP) is 4.49. The maximum absolute atomic E-state index is 13.8. The van der Waals surface area contributed by atoms with Crippen molar-refractivity contribution in [2.75, 3.05) is 5.32 Å². The fraction of sp³-hybridized carbons (Fsp3) is 0.345. The molecule has 2 fully saturated rings. The summed E-state index contributed by atoms with van der Waals surface area (Å²) in [5.74, 6) is 0.482. The molecule has 204 valence electrons. The number of pyridine rings is 1. The number of nitrogens with one attached hydrogen (secondary N) is 1. The lowest BCUT2D eigenvalue weighted by molar-refractivity contribution is -0.138. The number of rotatable bonds is 6. The Balaban J connectivity index is 1.29. The largest absolute Gasteiger partial charge is 0.325 e. The van der Waals surface area contributed by atoms with Crippen molar-refractivity contribution in [1.29, 1.82) is 0 Å².